The Morgan fingerprint density at radius 2 is 1.20 bits per heavy atom. The van der Waals surface area contributed by atoms with Crippen LogP contribution in [0.2, 0.25) is 0 Å². The van der Waals surface area contributed by atoms with E-state index in [0.717, 1.165) is 6.42 Å². The summed E-state index contributed by atoms with van der Waals surface area (Å²) in [5.74, 6) is 1.51. The minimum atomic E-state index is 1.15. The van der Waals surface area contributed by atoms with E-state index >= 15 is 0 Å². The van der Waals surface area contributed by atoms with E-state index in [2.05, 4.69) is 42.3 Å². The van der Waals surface area contributed by atoms with Crippen LogP contribution >= 0.6 is 0 Å². The standard InChI is InChI=1S/C23H45N2/c1-4-7-9-10-11-12-13-14-15-16-17-18-20-25-22-21-24(19-8-5-2)23(25)6-3/h21-22H,4-20H2,1-3H3/q+1. The molecule has 146 valence electrons. The molecule has 0 unspecified atom stereocenters. The van der Waals surface area contributed by atoms with Gasteiger partial charge in [0.1, 0.15) is 12.4 Å². The Labute approximate surface area is 158 Å². The summed E-state index contributed by atoms with van der Waals surface area (Å²) in [5.41, 5.74) is 0. The molecule has 0 atom stereocenters. The zero-order valence-electron chi connectivity index (χ0n) is 17.6. The number of nitrogens with zero attached hydrogens (tertiary/aromatic N) is 2. The number of aryl methyl sites for hydroxylation is 2. The van der Waals surface area contributed by atoms with Crippen molar-refractivity contribution in [2.24, 2.45) is 0 Å². The lowest BCUT2D eigenvalue weighted by Gasteiger charge is -2.04. The van der Waals surface area contributed by atoms with Gasteiger partial charge in [0, 0.05) is 6.42 Å². The Morgan fingerprint density at radius 3 is 1.72 bits per heavy atom. The van der Waals surface area contributed by atoms with E-state index in [4.69, 9.17) is 0 Å². The molecule has 0 N–H and O–H groups in total. The van der Waals surface area contributed by atoms with Gasteiger partial charge < -0.3 is 0 Å². The van der Waals surface area contributed by atoms with Gasteiger partial charge in [-0.25, -0.2) is 9.13 Å². The van der Waals surface area contributed by atoms with Crippen molar-refractivity contribution in [2.45, 2.75) is 130 Å². The van der Waals surface area contributed by atoms with Gasteiger partial charge in [0.15, 0.2) is 0 Å². The molecule has 0 saturated carbocycles. The van der Waals surface area contributed by atoms with Gasteiger partial charge in [0.05, 0.1) is 13.1 Å². The molecule has 1 aromatic rings. The summed E-state index contributed by atoms with van der Waals surface area (Å²) >= 11 is 0. The second-order valence-corrected chi connectivity index (χ2v) is 7.70. The van der Waals surface area contributed by atoms with Crippen molar-refractivity contribution in [2.75, 3.05) is 0 Å². The fourth-order valence-electron chi connectivity index (χ4n) is 3.76. The van der Waals surface area contributed by atoms with Crippen molar-refractivity contribution in [1.29, 1.82) is 0 Å². The molecule has 0 amide bonds. The highest BCUT2D eigenvalue weighted by atomic mass is 15.1. The zero-order valence-corrected chi connectivity index (χ0v) is 17.6. The van der Waals surface area contributed by atoms with Gasteiger partial charge in [0.25, 0.3) is 5.82 Å². The van der Waals surface area contributed by atoms with Crippen LogP contribution in [-0.2, 0) is 19.5 Å². The van der Waals surface area contributed by atoms with Gasteiger partial charge in [-0.1, -0.05) is 91.4 Å². The second-order valence-electron chi connectivity index (χ2n) is 7.70. The predicted octanol–water partition coefficient (Wildman–Crippen LogP) is 6.84. The molecule has 0 saturated heterocycles. The van der Waals surface area contributed by atoms with Crippen molar-refractivity contribution < 1.29 is 4.57 Å². The molecule has 2 heteroatoms. The van der Waals surface area contributed by atoms with Gasteiger partial charge in [0.2, 0.25) is 0 Å². The van der Waals surface area contributed by atoms with Crippen LogP contribution in [0.5, 0.6) is 0 Å². The number of unbranched alkanes of at least 4 members (excludes halogenated alkanes) is 12. The Morgan fingerprint density at radius 1 is 0.680 bits per heavy atom. The van der Waals surface area contributed by atoms with Crippen LogP contribution in [0.3, 0.4) is 0 Å². The van der Waals surface area contributed by atoms with Crippen LogP contribution in [-0.4, -0.2) is 4.57 Å². The Bertz CT molecular complexity index is 408. The van der Waals surface area contributed by atoms with Crippen LogP contribution in [0.4, 0.5) is 0 Å². The van der Waals surface area contributed by atoms with Gasteiger partial charge >= 0.3 is 0 Å². The monoisotopic (exact) mass is 349 g/mol. The molecule has 0 aliphatic heterocycles. The largest absolute Gasteiger partial charge is 0.256 e. The highest BCUT2D eigenvalue weighted by molar-refractivity contribution is 4.83. The molecule has 0 aliphatic rings. The molecule has 25 heavy (non-hydrogen) atoms. The molecular formula is C23H45N2+. The van der Waals surface area contributed by atoms with E-state index in [1.54, 1.807) is 0 Å². The molecule has 0 spiro atoms. The number of rotatable bonds is 17. The summed E-state index contributed by atoms with van der Waals surface area (Å²) in [5, 5.41) is 0. The summed E-state index contributed by atoms with van der Waals surface area (Å²) in [6.07, 6.45) is 25.5. The Hall–Kier alpha value is -0.790. The molecule has 1 rings (SSSR count). The normalized spacial score (nSPS) is 11.3. The molecule has 0 radical (unpaired) electrons. The minimum Gasteiger partial charge on any atom is -0.234 e. The predicted molar refractivity (Wildman–Crippen MR) is 110 cm³/mol. The van der Waals surface area contributed by atoms with E-state index in [1.807, 2.05) is 0 Å². The van der Waals surface area contributed by atoms with Crippen LogP contribution < -0.4 is 4.57 Å². The SMILES string of the molecule is CCCCCCCCCCCCCCn1cc[n+](CCCC)c1CC. The summed E-state index contributed by atoms with van der Waals surface area (Å²) in [6, 6.07) is 0. The minimum absolute atomic E-state index is 1.15. The second kappa shape index (κ2) is 15.5. The maximum Gasteiger partial charge on any atom is 0.256 e. The van der Waals surface area contributed by atoms with Crippen LogP contribution in [0.15, 0.2) is 12.4 Å². The van der Waals surface area contributed by atoms with E-state index in [0.29, 0.717) is 0 Å². The van der Waals surface area contributed by atoms with Gasteiger partial charge in [-0.3, -0.25) is 0 Å². The third kappa shape index (κ3) is 10.1. The summed E-state index contributed by atoms with van der Waals surface area (Å²) in [6.45, 7) is 9.25. The third-order valence-corrected chi connectivity index (χ3v) is 5.41. The fourth-order valence-corrected chi connectivity index (χ4v) is 3.76. The number of aromatic nitrogens is 2. The van der Waals surface area contributed by atoms with Crippen LogP contribution in [0.25, 0.3) is 0 Å². The molecule has 0 bridgehead atoms. The van der Waals surface area contributed by atoms with Gasteiger partial charge in [-0.2, -0.15) is 0 Å². The maximum absolute atomic E-state index is 2.49. The first-order valence-electron chi connectivity index (χ1n) is 11.4. The van der Waals surface area contributed by atoms with E-state index in [9.17, 15) is 0 Å². The number of imidazole rings is 1. The van der Waals surface area contributed by atoms with E-state index in [-0.39, 0.29) is 0 Å². The molecular weight excluding hydrogens is 304 g/mol. The van der Waals surface area contributed by atoms with Crippen molar-refractivity contribution >= 4 is 0 Å². The first kappa shape index (κ1) is 22.3. The van der Waals surface area contributed by atoms with Crippen LogP contribution in [0.1, 0.15) is 116 Å². The topological polar surface area (TPSA) is 8.81 Å². The molecule has 2 nitrogen and oxygen atoms in total. The Balaban J connectivity index is 2.02. The number of hydrogen-bond donors (Lipinski definition) is 0. The lowest BCUT2D eigenvalue weighted by molar-refractivity contribution is -0.704. The van der Waals surface area contributed by atoms with Crippen LogP contribution in [0, 0.1) is 0 Å². The van der Waals surface area contributed by atoms with E-state index < -0.39 is 0 Å². The average molecular weight is 350 g/mol. The zero-order chi connectivity index (χ0) is 18.2. The Kier molecular flexibility index (Phi) is 13.8. The smallest absolute Gasteiger partial charge is 0.234 e. The average Bonchev–Trinajstić information content (AvgIpc) is 3.02. The molecule has 1 heterocycles. The summed E-state index contributed by atoms with van der Waals surface area (Å²) in [4.78, 5) is 0. The summed E-state index contributed by atoms with van der Waals surface area (Å²) in [7, 11) is 0. The highest BCUT2D eigenvalue weighted by Gasteiger charge is 2.13. The molecule has 0 fully saturated rings. The first-order chi connectivity index (χ1) is 12.3. The quantitative estimate of drug-likeness (QED) is 0.215. The van der Waals surface area contributed by atoms with Crippen molar-refractivity contribution in [3.05, 3.63) is 18.2 Å². The van der Waals surface area contributed by atoms with Crippen molar-refractivity contribution in [3.8, 4) is 0 Å². The lowest BCUT2D eigenvalue weighted by Crippen LogP contribution is -2.37. The third-order valence-electron chi connectivity index (χ3n) is 5.41. The fraction of sp³-hybridized carbons (Fsp3) is 0.870. The molecule has 0 aromatic carbocycles. The molecule has 0 aliphatic carbocycles. The van der Waals surface area contributed by atoms with Crippen molar-refractivity contribution in [3.63, 3.8) is 0 Å². The number of hydrogen-bond acceptors (Lipinski definition) is 0. The van der Waals surface area contributed by atoms with Gasteiger partial charge in [-0.15, -0.1) is 0 Å². The van der Waals surface area contributed by atoms with Gasteiger partial charge in [-0.05, 0) is 19.3 Å². The maximum atomic E-state index is 2.49. The highest BCUT2D eigenvalue weighted by Crippen LogP contribution is 2.12. The summed E-state index contributed by atoms with van der Waals surface area (Å²) < 4.78 is 4.95. The van der Waals surface area contributed by atoms with E-state index in [1.165, 1.54) is 109 Å². The van der Waals surface area contributed by atoms with Crippen molar-refractivity contribution in [1.82, 2.24) is 4.57 Å². The first-order valence-corrected chi connectivity index (χ1v) is 11.4. The molecule has 1 aromatic heterocycles. The lowest BCUT2D eigenvalue weighted by atomic mass is 10.1.